The molecule has 0 saturated carbocycles. The Labute approximate surface area is 142 Å². The van der Waals surface area contributed by atoms with Crippen LogP contribution in [0, 0.1) is 0 Å². The second-order valence-corrected chi connectivity index (χ2v) is 8.95. The highest BCUT2D eigenvalue weighted by Crippen LogP contribution is 2.42. The Morgan fingerprint density at radius 3 is 3.05 bits per heavy atom. The molecule has 2 aliphatic heterocycles. The fourth-order valence-electron chi connectivity index (χ4n) is 3.06. The van der Waals surface area contributed by atoms with Crippen LogP contribution in [0.3, 0.4) is 0 Å². The summed E-state index contributed by atoms with van der Waals surface area (Å²) in [5.74, 6) is 3.52. The zero-order valence-electron chi connectivity index (χ0n) is 11.9. The lowest BCUT2D eigenvalue weighted by atomic mass is 10.0. The summed E-state index contributed by atoms with van der Waals surface area (Å²) in [5, 5.41) is 0. The lowest BCUT2D eigenvalue weighted by Gasteiger charge is -2.09. The molecule has 0 fully saturated rings. The summed E-state index contributed by atoms with van der Waals surface area (Å²) in [5.41, 5.74) is 4.24. The Balaban J connectivity index is 1.64. The molecule has 4 heteroatoms. The van der Waals surface area contributed by atoms with E-state index in [0.717, 1.165) is 12.2 Å². The van der Waals surface area contributed by atoms with Gasteiger partial charge in [0.25, 0.3) is 0 Å². The largest absolute Gasteiger partial charge is 0.490 e. The van der Waals surface area contributed by atoms with Gasteiger partial charge in [0.15, 0.2) is 0 Å². The SMILES string of the molecule is CC1Cc2cc(C(Br)c3cc4c(s3)CCSC4)ccc2O1. The molecule has 0 spiro atoms. The first-order valence-corrected chi connectivity index (χ1v) is 10.2. The number of halogens is 1. The number of aryl methyl sites for hydroxylation is 1. The molecule has 1 nitrogen and oxygen atoms in total. The zero-order chi connectivity index (χ0) is 14.4. The molecule has 2 aliphatic rings. The van der Waals surface area contributed by atoms with Crippen molar-refractivity contribution < 1.29 is 4.74 Å². The minimum absolute atomic E-state index is 0.305. The predicted molar refractivity (Wildman–Crippen MR) is 95.2 cm³/mol. The molecule has 0 saturated heterocycles. The van der Waals surface area contributed by atoms with E-state index in [-0.39, 0.29) is 0 Å². The molecule has 2 unspecified atom stereocenters. The normalized spacial score (nSPS) is 21.5. The summed E-state index contributed by atoms with van der Waals surface area (Å²) in [6.45, 7) is 2.14. The Morgan fingerprint density at radius 1 is 1.29 bits per heavy atom. The van der Waals surface area contributed by atoms with Crippen LogP contribution >= 0.6 is 39.0 Å². The van der Waals surface area contributed by atoms with Gasteiger partial charge in [-0.1, -0.05) is 28.1 Å². The Kier molecular flexibility index (Phi) is 3.80. The van der Waals surface area contributed by atoms with Crippen molar-refractivity contribution in [1.82, 2.24) is 0 Å². The van der Waals surface area contributed by atoms with E-state index < -0.39 is 0 Å². The molecule has 2 aromatic rings. The molecule has 0 N–H and O–H groups in total. The first-order chi connectivity index (χ1) is 10.2. The number of ether oxygens (including phenoxy) is 1. The topological polar surface area (TPSA) is 9.23 Å². The predicted octanol–water partition coefficient (Wildman–Crippen LogP) is 5.35. The summed E-state index contributed by atoms with van der Waals surface area (Å²) in [4.78, 5) is 3.33. The molecule has 0 aliphatic carbocycles. The molecular formula is C17H17BrOS2. The summed E-state index contributed by atoms with van der Waals surface area (Å²) in [6, 6.07) is 9.04. The van der Waals surface area contributed by atoms with E-state index in [0.29, 0.717) is 10.9 Å². The first-order valence-electron chi connectivity index (χ1n) is 7.33. The zero-order valence-corrected chi connectivity index (χ0v) is 15.1. The van der Waals surface area contributed by atoms with Gasteiger partial charge in [0.1, 0.15) is 11.9 Å². The monoisotopic (exact) mass is 380 g/mol. The number of fused-ring (bicyclic) bond motifs is 2. The van der Waals surface area contributed by atoms with Gasteiger partial charge in [-0.05, 0) is 47.9 Å². The van der Waals surface area contributed by atoms with Crippen molar-refractivity contribution in [2.75, 3.05) is 5.75 Å². The van der Waals surface area contributed by atoms with Crippen molar-refractivity contribution in [3.63, 3.8) is 0 Å². The van der Waals surface area contributed by atoms with Crippen LogP contribution in [0.4, 0.5) is 0 Å². The van der Waals surface area contributed by atoms with Crippen molar-refractivity contribution in [1.29, 1.82) is 0 Å². The summed E-state index contributed by atoms with van der Waals surface area (Å²) in [7, 11) is 0. The van der Waals surface area contributed by atoms with E-state index in [1.165, 1.54) is 33.9 Å². The minimum atomic E-state index is 0.305. The summed E-state index contributed by atoms with van der Waals surface area (Å²) in [6.07, 6.45) is 2.58. The number of hydrogen-bond acceptors (Lipinski definition) is 3. The Morgan fingerprint density at radius 2 is 2.19 bits per heavy atom. The Bertz CT molecular complexity index is 656. The molecular weight excluding hydrogens is 364 g/mol. The van der Waals surface area contributed by atoms with E-state index in [9.17, 15) is 0 Å². The van der Waals surface area contributed by atoms with Gasteiger partial charge in [-0.25, -0.2) is 0 Å². The summed E-state index contributed by atoms with van der Waals surface area (Å²) < 4.78 is 5.80. The molecule has 3 heterocycles. The summed E-state index contributed by atoms with van der Waals surface area (Å²) >= 11 is 7.94. The number of thiophene rings is 1. The smallest absolute Gasteiger partial charge is 0.123 e. The maximum atomic E-state index is 5.80. The molecule has 0 amide bonds. The van der Waals surface area contributed by atoms with E-state index in [2.05, 4.69) is 47.1 Å². The van der Waals surface area contributed by atoms with Crippen molar-refractivity contribution in [2.45, 2.75) is 36.4 Å². The van der Waals surface area contributed by atoms with Crippen LogP contribution in [0.15, 0.2) is 24.3 Å². The average molecular weight is 381 g/mol. The van der Waals surface area contributed by atoms with Crippen molar-refractivity contribution >= 4 is 39.0 Å². The van der Waals surface area contributed by atoms with Crippen LogP contribution in [-0.2, 0) is 18.6 Å². The maximum absolute atomic E-state index is 5.80. The third-order valence-electron chi connectivity index (χ3n) is 4.11. The lowest BCUT2D eigenvalue weighted by Crippen LogP contribution is -2.05. The molecule has 110 valence electrons. The van der Waals surface area contributed by atoms with Gasteiger partial charge < -0.3 is 4.74 Å². The minimum Gasteiger partial charge on any atom is -0.490 e. The molecule has 1 aromatic carbocycles. The molecule has 0 bridgehead atoms. The van der Waals surface area contributed by atoms with Gasteiger partial charge in [0.05, 0.1) is 4.83 Å². The van der Waals surface area contributed by atoms with Crippen molar-refractivity contribution in [3.8, 4) is 5.75 Å². The van der Waals surface area contributed by atoms with Gasteiger partial charge in [-0.3, -0.25) is 0 Å². The highest BCUT2D eigenvalue weighted by molar-refractivity contribution is 9.09. The quantitative estimate of drug-likeness (QED) is 0.649. The van der Waals surface area contributed by atoms with Crippen LogP contribution in [-0.4, -0.2) is 11.9 Å². The molecule has 0 radical (unpaired) electrons. The lowest BCUT2D eigenvalue weighted by molar-refractivity contribution is 0.254. The van der Waals surface area contributed by atoms with Gasteiger partial charge in [-0.2, -0.15) is 11.8 Å². The number of hydrogen-bond donors (Lipinski definition) is 0. The second kappa shape index (κ2) is 5.64. The van der Waals surface area contributed by atoms with Gasteiger partial charge in [-0.15, -0.1) is 11.3 Å². The van der Waals surface area contributed by atoms with E-state index in [4.69, 9.17) is 4.74 Å². The fraction of sp³-hybridized carbons (Fsp3) is 0.412. The van der Waals surface area contributed by atoms with E-state index >= 15 is 0 Å². The van der Waals surface area contributed by atoms with E-state index in [1.807, 2.05) is 23.1 Å². The highest BCUT2D eigenvalue weighted by atomic mass is 79.9. The number of rotatable bonds is 2. The molecule has 4 rings (SSSR count). The van der Waals surface area contributed by atoms with Crippen LogP contribution in [0.2, 0.25) is 0 Å². The molecule has 1 aromatic heterocycles. The maximum Gasteiger partial charge on any atom is 0.123 e. The molecule has 21 heavy (non-hydrogen) atoms. The third-order valence-corrected chi connectivity index (χ3v) is 7.74. The van der Waals surface area contributed by atoms with E-state index in [1.54, 1.807) is 10.4 Å². The fourth-order valence-corrected chi connectivity index (χ4v) is 6.14. The van der Waals surface area contributed by atoms with Gasteiger partial charge >= 0.3 is 0 Å². The highest BCUT2D eigenvalue weighted by Gasteiger charge is 2.23. The number of thioether (sulfide) groups is 1. The average Bonchev–Trinajstić information content (AvgIpc) is 3.07. The number of benzene rings is 1. The van der Waals surface area contributed by atoms with Crippen molar-refractivity contribution in [2.24, 2.45) is 0 Å². The standard InChI is InChI=1S/C17H17BrOS2/c1-10-6-12-7-11(2-3-14(12)19-10)17(18)16-8-13-9-20-5-4-15(13)21-16/h2-3,7-8,10,17H,4-6,9H2,1H3. The number of alkyl halides is 1. The van der Waals surface area contributed by atoms with Gasteiger partial charge in [0.2, 0.25) is 0 Å². The van der Waals surface area contributed by atoms with Crippen LogP contribution in [0.5, 0.6) is 5.75 Å². The Hall–Kier alpha value is -0.450. The van der Waals surface area contributed by atoms with Crippen LogP contribution in [0.25, 0.3) is 0 Å². The van der Waals surface area contributed by atoms with Gasteiger partial charge in [0, 0.05) is 21.9 Å². The molecule has 2 atom stereocenters. The second-order valence-electron chi connectivity index (χ2n) is 5.76. The van der Waals surface area contributed by atoms with Crippen LogP contribution in [0.1, 0.15) is 38.2 Å². The van der Waals surface area contributed by atoms with Crippen molar-refractivity contribution in [3.05, 3.63) is 50.7 Å². The first kappa shape index (κ1) is 14.2. The van der Waals surface area contributed by atoms with Crippen LogP contribution < -0.4 is 4.74 Å². The third kappa shape index (κ3) is 2.66.